The number of hydrogen-bond donors (Lipinski definition) is 1. The van der Waals surface area contributed by atoms with Gasteiger partial charge in [-0.05, 0) is 45.8 Å². The van der Waals surface area contributed by atoms with Gasteiger partial charge in [-0.15, -0.1) is 0 Å². The second kappa shape index (κ2) is 6.90. The molecule has 0 aromatic rings. The van der Waals surface area contributed by atoms with E-state index in [1.54, 1.807) is 0 Å². The third-order valence-corrected chi connectivity index (χ3v) is 5.26. The number of aliphatic carboxylic acids is 1. The van der Waals surface area contributed by atoms with Gasteiger partial charge >= 0.3 is 5.97 Å². The number of carboxylic acid groups (broad SMARTS) is 1. The fraction of sp³-hybridized carbons (Fsp3) is 0.938. The molecule has 1 unspecified atom stereocenters. The summed E-state index contributed by atoms with van der Waals surface area (Å²) in [5.41, 5.74) is -0.483. The zero-order valence-electron chi connectivity index (χ0n) is 13.1. The normalized spacial score (nSPS) is 27.1. The van der Waals surface area contributed by atoms with Crippen molar-refractivity contribution in [2.45, 2.75) is 57.9 Å². The van der Waals surface area contributed by atoms with E-state index in [1.807, 2.05) is 0 Å². The molecule has 116 valence electrons. The van der Waals surface area contributed by atoms with Crippen molar-refractivity contribution >= 4 is 5.97 Å². The first-order valence-corrected chi connectivity index (χ1v) is 8.23. The maximum Gasteiger partial charge on any atom is 0.310 e. The molecule has 0 aromatic heterocycles. The van der Waals surface area contributed by atoms with Crippen molar-refractivity contribution in [2.24, 2.45) is 5.41 Å². The van der Waals surface area contributed by atoms with Crippen molar-refractivity contribution < 1.29 is 9.90 Å². The summed E-state index contributed by atoms with van der Waals surface area (Å²) in [6.45, 7) is 6.28. The molecule has 0 spiro atoms. The minimum atomic E-state index is -0.581. The molecular formula is C16H30N2O2. The lowest BCUT2D eigenvalue weighted by Crippen LogP contribution is -2.47. The Morgan fingerprint density at radius 1 is 1.30 bits per heavy atom. The number of carbonyl (C=O) groups is 1. The van der Waals surface area contributed by atoms with E-state index in [-0.39, 0.29) is 0 Å². The van der Waals surface area contributed by atoms with Crippen LogP contribution in [-0.2, 0) is 4.79 Å². The second-order valence-corrected chi connectivity index (χ2v) is 6.77. The molecule has 2 aliphatic rings. The summed E-state index contributed by atoms with van der Waals surface area (Å²) in [5, 5.41) is 9.66. The average Bonchev–Trinajstić information content (AvgIpc) is 2.86. The second-order valence-electron chi connectivity index (χ2n) is 6.77. The predicted octanol–water partition coefficient (Wildman–Crippen LogP) is 2.44. The summed E-state index contributed by atoms with van der Waals surface area (Å²) >= 11 is 0. The van der Waals surface area contributed by atoms with Crippen molar-refractivity contribution in [3.8, 4) is 0 Å². The summed E-state index contributed by atoms with van der Waals surface area (Å²) in [5.74, 6) is -0.581. The molecule has 1 aliphatic carbocycles. The largest absolute Gasteiger partial charge is 0.481 e. The molecule has 1 aliphatic heterocycles. The van der Waals surface area contributed by atoms with Gasteiger partial charge in [0.05, 0.1) is 5.41 Å². The number of likely N-dealkylation sites (N-methyl/N-ethyl adjacent to an activating group) is 2. The lowest BCUT2D eigenvalue weighted by atomic mass is 9.73. The summed E-state index contributed by atoms with van der Waals surface area (Å²) in [6.07, 6.45) is 7.61. The Kier molecular flexibility index (Phi) is 5.44. The van der Waals surface area contributed by atoms with Gasteiger partial charge in [0.25, 0.3) is 0 Å². The third kappa shape index (κ3) is 3.53. The van der Waals surface area contributed by atoms with E-state index < -0.39 is 11.4 Å². The van der Waals surface area contributed by atoms with Gasteiger partial charge in [0.15, 0.2) is 0 Å². The van der Waals surface area contributed by atoms with Gasteiger partial charge in [0, 0.05) is 19.1 Å². The molecule has 1 saturated carbocycles. The molecule has 4 nitrogen and oxygen atoms in total. The number of rotatable bonds is 6. The summed E-state index contributed by atoms with van der Waals surface area (Å²) in [4.78, 5) is 16.5. The van der Waals surface area contributed by atoms with Crippen LogP contribution in [0.15, 0.2) is 0 Å². The molecule has 2 fully saturated rings. The van der Waals surface area contributed by atoms with Crippen LogP contribution in [0.2, 0.25) is 0 Å². The Balaban J connectivity index is 1.91. The monoisotopic (exact) mass is 282 g/mol. The van der Waals surface area contributed by atoms with Gasteiger partial charge < -0.3 is 10.0 Å². The topological polar surface area (TPSA) is 43.8 Å². The minimum absolute atomic E-state index is 0.483. The smallest absolute Gasteiger partial charge is 0.310 e. The molecule has 0 aromatic carbocycles. The van der Waals surface area contributed by atoms with Crippen LogP contribution in [0.25, 0.3) is 0 Å². The van der Waals surface area contributed by atoms with Crippen molar-refractivity contribution in [2.75, 3.05) is 33.2 Å². The van der Waals surface area contributed by atoms with Crippen LogP contribution in [-0.4, -0.2) is 60.1 Å². The van der Waals surface area contributed by atoms with Gasteiger partial charge in [0.2, 0.25) is 0 Å². The summed E-state index contributed by atoms with van der Waals surface area (Å²) < 4.78 is 0. The molecule has 20 heavy (non-hydrogen) atoms. The maximum atomic E-state index is 11.7. The first-order chi connectivity index (χ1) is 9.57. The minimum Gasteiger partial charge on any atom is -0.481 e. The molecule has 2 rings (SSSR count). The van der Waals surface area contributed by atoms with Gasteiger partial charge in [-0.25, -0.2) is 0 Å². The Morgan fingerprint density at radius 3 is 2.60 bits per heavy atom. The number of carboxylic acids is 1. The van der Waals surface area contributed by atoms with E-state index >= 15 is 0 Å². The molecule has 1 heterocycles. The lowest BCUT2D eigenvalue weighted by molar-refractivity contribution is -0.152. The highest BCUT2D eigenvalue weighted by Crippen LogP contribution is 2.37. The first kappa shape index (κ1) is 15.8. The SMILES string of the molecule is CCN1CCCC1CN(C)CC1(C(=O)O)CCCCC1. The van der Waals surface area contributed by atoms with Crippen molar-refractivity contribution in [1.82, 2.24) is 9.80 Å². The highest BCUT2D eigenvalue weighted by Gasteiger charge is 2.40. The van der Waals surface area contributed by atoms with E-state index in [0.29, 0.717) is 6.04 Å². The number of likely N-dealkylation sites (tertiary alicyclic amines) is 1. The quantitative estimate of drug-likeness (QED) is 0.812. The zero-order chi connectivity index (χ0) is 14.6. The van der Waals surface area contributed by atoms with Crippen LogP contribution >= 0.6 is 0 Å². The van der Waals surface area contributed by atoms with Crippen LogP contribution in [0.4, 0.5) is 0 Å². The van der Waals surface area contributed by atoms with Crippen LogP contribution in [0.5, 0.6) is 0 Å². The molecule has 4 heteroatoms. The van der Waals surface area contributed by atoms with Crippen molar-refractivity contribution in [3.63, 3.8) is 0 Å². The van der Waals surface area contributed by atoms with Crippen LogP contribution in [0.1, 0.15) is 51.9 Å². The van der Waals surface area contributed by atoms with Crippen LogP contribution in [0.3, 0.4) is 0 Å². The molecule has 1 saturated heterocycles. The van der Waals surface area contributed by atoms with Crippen molar-refractivity contribution in [3.05, 3.63) is 0 Å². The molecular weight excluding hydrogens is 252 g/mol. The highest BCUT2D eigenvalue weighted by molar-refractivity contribution is 5.75. The zero-order valence-corrected chi connectivity index (χ0v) is 13.1. The van der Waals surface area contributed by atoms with E-state index in [9.17, 15) is 9.90 Å². The predicted molar refractivity (Wildman–Crippen MR) is 80.9 cm³/mol. The van der Waals surface area contributed by atoms with Gasteiger partial charge in [-0.1, -0.05) is 26.2 Å². The molecule has 0 bridgehead atoms. The lowest BCUT2D eigenvalue weighted by Gasteiger charge is -2.38. The van der Waals surface area contributed by atoms with E-state index in [0.717, 1.165) is 45.3 Å². The Hall–Kier alpha value is -0.610. The van der Waals surface area contributed by atoms with Crippen molar-refractivity contribution in [1.29, 1.82) is 0 Å². The fourth-order valence-corrected chi connectivity index (χ4v) is 4.13. The molecule has 0 radical (unpaired) electrons. The van der Waals surface area contributed by atoms with E-state index in [2.05, 4.69) is 23.8 Å². The Labute approximate surface area is 123 Å². The van der Waals surface area contributed by atoms with E-state index in [1.165, 1.54) is 25.8 Å². The molecule has 1 atom stereocenters. The van der Waals surface area contributed by atoms with Gasteiger partial charge in [0.1, 0.15) is 0 Å². The van der Waals surface area contributed by atoms with Gasteiger partial charge in [-0.2, -0.15) is 0 Å². The summed E-state index contributed by atoms with van der Waals surface area (Å²) in [7, 11) is 2.10. The fourth-order valence-electron chi connectivity index (χ4n) is 4.13. The number of hydrogen-bond acceptors (Lipinski definition) is 3. The first-order valence-electron chi connectivity index (χ1n) is 8.23. The molecule has 0 amide bonds. The van der Waals surface area contributed by atoms with Crippen LogP contribution in [0, 0.1) is 5.41 Å². The Morgan fingerprint density at radius 2 is 2.00 bits per heavy atom. The average molecular weight is 282 g/mol. The van der Waals surface area contributed by atoms with E-state index in [4.69, 9.17) is 0 Å². The van der Waals surface area contributed by atoms with Crippen LogP contribution < -0.4 is 0 Å². The number of nitrogens with zero attached hydrogens (tertiary/aromatic N) is 2. The molecule has 1 N–H and O–H groups in total. The standard InChI is InChI=1S/C16H30N2O2/c1-3-18-11-7-8-14(18)12-17(2)13-16(15(19)20)9-5-4-6-10-16/h14H,3-13H2,1-2H3,(H,19,20). The Bertz CT molecular complexity index is 326. The van der Waals surface area contributed by atoms with Gasteiger partial charge in [-0.3, -0.25) is 9.69 Å². The highest BCUT2D eigenvalue weighted by atomic mass is 16.4. The third-order valence-electron chi connectivity index (χ3n) is 5.26. The maximum absolute atomic E-state index is 11.7. The summed E-state index contributed by atoms with van der Waals surface area (Å²) in [6, 6.07) is 0.624.